The number of hydrogen-bond acceptors (Lipinski definition) is 5. The molecule has 0 saturated heterocycles. The highest BCUT2D eigenvalue weighted by Crippen LogP contribution is 2.33. The van der Waals surface area contributed by atoms with E-state index in [0.29, 0.717) is 6.42 Å². The van der Waals surface area contributed by atoms with Crippen molar-refractivity contribution in [2.45, 2.75) is 25.8 Å². The lowest BCUT2D eigenvalue weighted by atomic mass is 10.0. The zero-order chi connectivity index (χ0) is 15.1. The van der Waals surface area contributed by atoms with E-state index in [-0.39, 0.29) is 23.2 Å². The summed E-state index contributed by atoms with van der Waals surface area (Å²) in [5.41, 5.74) is 0.0692. The third-order valence-electron chi connectivity index (χ3n) is 3.70. The number of nitrogens with one attached hydrogen (secondary N) is 1. The van der Waals surface area contributed by atoms with E-state index in [0.717, 1.165) is 17.0 Å². The fraction of sp³-hybridized carbons (Fsp3) is 0.429. The van der Waals surface area contributed by atoms with Gasteiger partial charge in [-0.25, -0.2) is 0 Å². The van der Waals surface area contributed by atoms with Gasteiger partial charge in [0.25, 0.3) is 11.8 Å². The van der Waals surface area contributed by atoms with Crippen molar-refractivity contribution in [2.75, 3.05) is 13.6 Å². The Morgan fingerprint density at radius 2 is 1.55 bits per heavy atom. The van der Waals surface area contributed by atoms with Crippen LogP contribution in [-0.2, 0) is 0 Å². The Hall–Kier alpha value is -2.08. The van der Waals surface area contributed by atoms with Gasteiger partial charge < -0.3 is 15.5 Å². The van der Waals surface area contributed by atoms with Gasteiger partial charge in [-0.2, -0.15) is 0 Å². The van der Waals surface area contributed by atoms with E-state index in [1.54, 1.807) is 0 Å². The average Bonchev–Trinajstić information content (AvgIpc) is 2.61. The molecule has 0 aliphatic carbocycles. The number of phenolic OH excluding ortho intramolecular Hbond substituents is 2. The number of carbonyl (C=O) groups excluding carboxylic acids is 2. The molecule has 0 unspecified atom stereocenters. The number of amides is 2. The summed E-state index contributed by atoms with van der Waals surface area (Å²) in [7, 11) is 1.82. The van der Waals surface area contributed by atoms with Gasteiger partial charge in [-0.05, 0) is 39.4 Å². The molecule has 2 rings (SSSR count). The number of benzene rings is 1. The normalized spacial score (nSPS) is 14.8. The molecule has 0 fully saturated rings. The largest absolute Gasteiger partial charge is 0.504 e. The molecular formula is C14H18N2O4. The van der Waals surface area contributed by atoms with Gasteiger partial charge in [-0.15, -0.1) is 0 Å². The second-order valence-corrected chi connectivity index (χ2v) is 5.53. The molecule has 1 aromatic rings. The first-order valence-electron chi connectivity index (χ1n) is 6.38. The van der Waals surface area contributed by atoms with Crippen LogP contribution in [-0.4, -0.2) is 46.1 Å². The van der Waals surface area contributed by atoms with Crippen LogP contribution in [0.3, 0.4) is 0 Å². The highest BCUT2D eigenvalue weighted by Gasteiger charge is 2.37. The van der Waals surface area contributed by atoms with Gasteiger partial charge in [0.05, 0.1) is 11.1 Å². The van der Waals surface area contributed by atoms with E-state index in [2.05, 4.69) is 5.32 Å². The number of carbonyl (C=O) groups is 2. The number of phenols is 2. The minimum absolute atomic E-state index is 0.132. The van der Waals surface area contributed by atoms with Crippen molar-refractivity contribution >= 4 is 11.8 Å². The molecular weight excluding hydrogens is 260 g/mol. The van der Waals surface area contributed by atoms with E-state index >= 15 is 0 Å². The van der Waals surface area contributed by atoms with Crippen molar-refractivity contribution in [1.29, 1.82) is 0 Å². The van der Waals surface area contributed by atoms with Crippen molar-refractivity contribution in [3.05, 3.63) is 23.3 Å². The molecule has 0 radical (unpaired) electrons. The van der Waals surface area contributed by atoms with Crippen molar-refractivity contribution in [1.82, 2.24) is 10.2 Å². The van der Waals surface area contributed by atoms with E-state index < -0.39 is 23.3 Å². The number of imide groups is 1. The standard InChI is InChI=1S/C14H18N2O4/c1-14(2,15-3)4-5-16-12(19)8-6-10(17)11(18)7-9(8)13(16)20/h6-7,15,17-18H,4-5H2,1-3H3. The molecule has 3 N–H and O–H groups in total. The van der Waals surface area contributed by atoms with Gasteiger partial charge in [-0.3, -0.25) is 14.5 Å². The second-order valence-electron chi connectivity index (χ2n) is 5.53. The molecule has 1 aromatic carbocycles. The Labute approximate surface area is 117 Å². The molecule has 6 heteroatoms. The number of aromatic hydroxyl groups is 2. The van der Waals surface area contributed by atoms with Crippen LogP contribution in [0.25, 0.3) is 0 Å². The summed E-state index contributed by atoms with van der Waals surface area (Å²) in [5, 5.41) is 22.0. The third-order valence-corrected chi connectivity index (χ3v) is 3.70. The average molecular weight is 278 g/mol. The quantitative estimate of drug-likeness (QED) is 0.566. The summed E-state index contributed by atoms with van der Waals surface area (Å²) in [6, 6.07) is 2.27. The number of hydrogen-bond donors (Lipinski definition) is 3. The second kappa shape index (κ2) is 4.79. The van der Waals surface area contributed by atoms with E-state index in [1.807, 2.05) is 20.9 Å². The minimum Gasteiger partial charge on any atom is -0.504 e. The van der Waals surface area contributed by atoms with Crippen LogP contribution in [0.1, 0.15) is 41.0 Å². The van der Waals surface area contributed by atoms with Gasteiger partial charge >= 0.3 is 0 Å². The lowest BCUT2D eigenvalue weighted by molar-refractivity contribution is 0.0642. The van der Waals surface area contributed by atoms with Crippen molar-refractivity contribution < 1.29 is 19.8 Å². The van der Waals surface area contributed by atoms with E-state index in [1.165, 1.54) is 0 Å². The van der Waals surface area contributed by atoms with Gasteiger partial charge in [0, 0.05) is 12.1 Å². The number of rotatable bonds is 4. The number of fused-ring (bicyclic) bond motifs is 1. The Morgan fingerprint density at radius 1 is 1.10 bits per heavy atom. The van der Waals surface area contributed by atoms with Crippen LogP contribution in [0.4, 0.5) is 0 Å². The SMILES string of the molecule is CNC(C)(C)CCN1C(=O)c2cc(O)c(O)cc2C1=O. The first-order chi connectivity index (χ1) is 9.26. The van der Waals surface area contributed by atoms with Crippen molar-refractivity contribution in [2.24, 2.45) is 0 Å². The van der Waals surface area contributed by atoms with Crippen molar-refractivity contribution in [3.63, 3.8) is 0 Å². The first-order valence-corrected chi connectivity index (χ1v) is 6.38. The molecule has 1 aliphatic rings. The first kappa shape index (κ1) is 14.3. The molecule has 6 nitrogen and oxygen atoms in total. The molecule has 0 aromatic heterocycles. The van der Waals surface area contributed by atoms with Crippen molar-refractivity contribution in [3.8, 4) is 11.5 Å². The molecule has 2 amide bonds. The monoisotopic (exact) mass is 278 g/mol. The summed E-state index contributed by atoms with van der Waals surface area (Å²) in [6.45, 7) is 4.23. The molecule has 108 valence electrons. The number of nitrogens with zero attached hydrogens (tertiary/aromatic N) is 1. The zero-order valence-electron chi connectivity index (χ0n) is 11.7. The van der Waals surface area contributed by atoms with E-state index in [9.17, 15) is 19.8 Å². The summed E-state index contributed by atoms with van der Waals surface area (Å²) in [5.74, 6) is -1.68. The maximum atomic E-state index is 12.2. The Morgan fingerprint density at radius 3 is 1.95 bits per heavy atom. The summed E-state index contributed by atoms with van der Waals surface area (Å²) < 4.78 is 0. The molecule has 0 saturated carbocycles. The fourth-order valence-electron chi connectivity index (χ4n) is 2.03. The van der Waals surface area contributed by atoms with Gasteiger partial charge in [0.1, 0.15) is 0 Å². The van der Waals surface area contributed by atoms with Crippen LogP contribution < -0.4 is 5.32 Å². The Kier molecular flexibility index (Phi) is 3.43. The topological polar surface area (TPSA) is 89.9 Å². The third kappa shape index (κ3) is 2.34. The lowest BCUT2D eigenvalue weighted by Crippen LogP contribution is -2.41. The highest BCUT2D eigenvalue weighted by molar-refractivity contribution is 6.21. The maximum Gasteiger partial charge on any atom is 0.261 e. The van der Waals surface area contributed by atoms with Gasteiger partial charge in [-0.1, -0.05) is 0 Å². The molecule has 1 heterocycles. The maximum absolute atomic E-state index is 12.2. The smallest absolute Gasteiger partial charge is 0.261 e. The Bertz CT molecular complexity index is 540. The molecule has 20 heavy (non-hydrogen) atoms. The summed E-state index contributed by atoms with van der Waals surface area (Å²) in [6.07, 6.45) is 0.604. The predicted octanol–water partition coefficient (Wildman–Crippen LogP) is 1.08. The highest BCUT2D eigenvalue weighted by atomic mass is 16.3. The molecule has 0 atom stereocenters. The van der Waals surface area contributed by atoms with Crippen LogP contribution >= 0.6 is 0 Å². The van der Waals surface area contributed by atoms with E-state index in [4.69, 9.17) is 0 Å². The molecule has 1 aliphatic heterocycles. The summed E-state index contributed by atoms with van der Waals surface area (Å²) >= 11 is 0. The minimum atomic E-state index is -0.438. The Balaban J connectivity index is 2.24. The van der Waals surface area contributed by atoms with Gasteiger partial charge in [0.15, 0.2) is 11.5 Å². The van der Waals surface area contributed by atoms with Crippen LogP contribution in [0, 0.1) is 0 Å². The predicted molar refractivity (Wildman–Crippen MR) is 72.9 cm³/mol. The van der Waals surface area contributed by atoms with Crippen LogP contribution in [0.15, 0.2) is 12.1 Å². The van der Waals surface area contributed by atoms with Crippen LogP contribution in [0.5, 0.6) is 11.5 Å². The molecule has 0 spiro atoms. The summed E-state index contributed by atoms with van der Waals surface area (Å²) in [4.78, 5) is 25.5. The zero-order valence-corrected chi connectivity index (χ0v) is 11.7. The lowest BCUT2D eigenvalue weighted by Gasteiger charge is -2.26. The molecule has 0 bridgehead atoms. The van der Waals surface area contributed by atoms with Crippen LogP contribution in [0.2, 0.25) is 0 Å². The van der Waals surface area contributed by atoms with Gasteiger partial charge in [0.2, 0.25) is 0 Å². The fourth-order valence-corrected chi connectivity index (χ4v) is 2.03.